The summed E-state index contributed by atoms with van der Waals surface area (Å²) in [7, 11) is 0. The predicted molar refractivity (Wildman–Crippen MR) is 113 cm³/mol. The number of rotatable bonds is 7. The van der Waals surface area contributed by atoms with Crippen molar-refractivity contribution in [3.8, 4) is 5.69 Å². The highest BCUT2D eigenvalue weighted by Gasteiger charge is 2.42. The molecule has 31 heavy (non-hydrogen) atoms. The average Bonchev–Trinajstić information content (AvgIpc) is 3.34. The van der Waals surface area contributed by atoms with Crippen molar-refractivity contribution < 1.29 is 14.4 Å². The maximum Gasteiger partial charge on any atom is 0.262 e. The highest BCUT2D eigenvalue weighted by molar-refractivity contribution is 6.22. The van der Waals surface area contributed by atoms with E-state index in [4.69, 9.17) is 0 Å². The highest BCUT2D eigenvalue weighted by atomic mass is 16.2. The van der Waals surface area contributed by atoms with E-state index in [-0.39, 0.29) is 12.5 Å². The Balaban J connectivity index is 1.54. The van der Waals surface area contributed by atoms with Gasteiger partial charge in [-0.25, -0.2) is 0 Å². The lowest BCUT2D eigenvalue weighted by Crippen LogP contribution is -2.50. The fourth-order valence-electron chi connectivity index (χ4n) is 3.73. The van der Waals surface area contributed by atoms with Crippen molar-refractivity contribution in [3.05, 3.63) is 77.9 Å². The van der Waals surface area contributed by atoms with Gasteiger partial charge in [0.1, 0.15) is 12.4 Å². The molecule has 0 radical (unpaired) electrons. The maximum absolute atomic E-state index is 13.1. The van der Waals surface area contributed by atoms with Crippen molar-refractivity contribution in [2.24, 2.45) is 5.92 Å². The Morgan fingerprint density at radius 2 is 1.58 bits per heavy atom. The molecule has 1 unspecified atom stereocenters. The van der Waals surface area contributed by atoms with E-state index >= 15 is 0 Å². The number of aromatic nitrogens is 3. The van der Waals surface area contributed by atoms with Crippen LogP contribution in [0.3, 0.4) is 0 Å². The number of fused-ring (bicyclic) bond motifs is 1. The quantitative estimate of drug-likeness (QED) is 0.596. The number of carbonyl (C=O) groups excluding carboxylic acids is 3. The summed E-state index contributed by atoms with van der Waals surface area (Å²) in [6, 6.07) is 15.3. The number of benzene rings is 2. The molecule has 1 atom stereocenters. The summed E-state index contributed by atoms with van der Waals surface area (Å²) in [5.41, 5.74) is 1.53. The van der Waals surface area contributed by atoms with E-state index in [1.54, 1.807) is 35.2 Å². The van der Waals surface area contributed by atoms with Gasteiger partial charge in [-0.05, 0) is 36.6 Å². The summed E-state index contributed by atoms with van der Waals surface area (Å²) in [6.45, 7) is 4.01. The van der Waals surface area contributed by atoms with Crippen molar-refractivity contribution in [3.63, 3.8) is 0 Å². The van der Waals surface area contributed by atoms with Crippen LogP contribution in [0.4, 0.5) is 0 Å². The molecule has 2 aromatic carbocycles. The zero-order chi connectivity index (χ0) is 22.0. The Morgan fingerprint density at radius 3 is 2.19 bits per heavy atom. The second-order valence-electron chi connectivity index (χ2n) is 7.84. The van der Waals surface area contributed by atoms with Gasteiger partial charge in [0.25, 0.3) is 11.8 Å². The third kappa shape index (κ3) is 3.96. The summed E-state index contributed by atoms with van der Waals surface area (Å²) in [5.74, 6) is -0.619. The first kappa shape index (κ1) is 20.5. The van der Waals surface area contributed by atoms with Crippen molar-refractivity contribution in [2.75, 3.05) is 0 Å². The zero-order valence-electron chi connectivity index (χ0n) is 17.4. The number of nitrogens with one attached hydrogen (secondary N) is 1. The Bertz CT molecular complexity index is 1090. The molecule has 0 spiro atoms. The van der Waals surface area contributed by atoms with E-state index in [0.29, 0.717) is 23.4 Å². The first-order chi connectivity index (χ1) is 15.0. The standard InChI is InChI=1S/C23H23N5O3/c1-15(2)12-19(28-22(30)17-10-6-7-11-18(17)23(28)31)21(29)24-13-20-26-25-14-27(20)16-8-4-3-5-9-16/h3-11,14-15,19H,12-13H2,1-2H3,(H,24,29). The molecular formula is C23H23N5O3. The fourth-order valence-corrected chi connectivity index (χ4v) is 3.73. The maximum atomic E-state index is 13.1. The molecule has 8 nitrogen and oxygen atoms in total. The second-order valence-corrected chi connectivity index (χ2v) is 7.84. The van der Waals surface area contributed by atoms with Gasteiger partial charge in [-0.3, -0.25) is 23.9 Å². The van der Waals surface area contributed by atoms with E-state index in [1.807, 2.05) is 44.2 Å². The van der Waals surface area contributed by atoms with Crippen LogP contribution in [-0.2, 0) is 11.3 Å². The van der Waals surface area contributed by atoms with Crippen molar-refractivity contribution in [1.82, 2.24) is 25.0 Å². The van der Waals surface area contributed by atoms with Gasteiger partial charge in [0, 0.05) is 5.69 Å². The topological polar surface area (TPSA) is 97.2 Å². The molecular weight excluding hydrogens is 394 g/mol. The number of carbonyl (C=O) groups is 3. The van der Waals surface area contributed by atoms with Crippen LogP contribution in [-0.4, -0.2) is 43.4 Å². The predicted octanol–water partition coefficient (Wildman–Crippen LogP) is 2.59. The van der Waals surface area contributed by atoms with Gasteiger partial charge in [-0.15, -0.1) is 10.2 Å². The Labute approximate surface area is 179 Å². The monoisotopic (exact) mass is 417 g/mol. The Kier molecular flexibility index (Phi) is 5.62. The number of hydrogen-bond acceptors (Lipinski definition) is 5. The zero-order valence-corrected chi connectivity index (χ0v) is 17.4. The van der Waals surface area contributed by atoms with E-state index in [0.717, 1.165) is 10.6 Å². The highest BCUT2D eigenvalue weighted by Crippen LogP contribution is 2.27. The summed E-state index contributed by atoms with van der Waals surface area (Å²) in [5, 5.41) is 10.9. The molecule has 1 aliphatic heterocycles. The van der Waals surface area contributed by atoms with Gasteiger partial charge >= 0.3 is 0 Å². The minimum atomic E-state index is -0.902. The second kappa shape index (κ2) is 8.51. The van der Waals surface area contributed by atoms with Crippen LogP contribution in [0.2, 0.25) is 0 Å². The number of amides is 3. The molecule has 1 N–H and O–H groups in total. The minimum absolute atomic E-state index is 0.105. The third-order valence-corrected chi connectivity index (χ3v) is 5.21. The van der Waals surface area contributed by atoms with Crippen LogP contribution in [0.15, 0.2) is 60.9 Å². The summed E-state index contributed by atoms with van der Waals surface area (Å²) >= 11 is 0. The summed E-state index contributed by atoms with van der Waals surface area (Å²) in [6.07, 6.45) is 1.94. The molecule has 0 fully saturated rings. The van der Waals surface area contributed by atoms with Gasteiger partial charge in [0.15, 0.2) is 5.82 Å². The molecule has 0 aliphatic carbocycles. The molecule has 8 heteroatoms. The molecule has 4 rings (SSSR count). The average molecular weight is 417 g/mol. The molecule has 1 aromatic heterocycles. The smallest absolute Gasteiger partial charge is 0.262 e. The third-order valence-electron chi connectivity index (χ3n) is 5.21. The van der Waals surface area contributed by atoms with E-state index in [1.165, 1.54) is 0 Å². The van der Waals surface area contributed by atoms with Crippen LogP contribution >= 0.6 is 0 Å². The number of imide groups is 1. The van der Waals surface area contributed by atoms with Crippen LogP contribution in [0, 0.1) is 5.92 Å². The van der Waals surface area contributed by atoms with Gasteiger partial charge in [0.2, 0.25) is 5.91 Å². The van der Waals surface area contributed by atoms with Gasteiger partial charge < -0.3 is 5.32 Å². The Hall–Kier alpha value is -3.81. The van der Waals surface area contributed by atoms with Gasteiger partial charge in [0.05, 0.1) is 17.7 Å². The number of para-hydroxylation sites is 1. The van der Waals surface area contributed by atoms with Crippen molar-refractivity contribution in [2.45, 2.75) is 32.9 Å². The molecule has 3 amide bonds. The molecule has 0 saturated carbocycles. The number of nitrogens with zero attached hydrogens (tertiary/aromatic N) is 4. The lowest BCUT2D eigenvalue weighted by molar-refractivity contribution is -0.125. The molecule has 0 bridgehead atoms. The SMILES string of the molecule is CC(C)CC(C(=O)NCc1nncn1-c1ccccc1)N1C(=O)c2ccccc2C1=O. The molecule has 1 aliphatic rings. The first-order valence-corrected chi connectivity index (χ1v) is 10.2. The summed E-state index contributed by atoms with van der Waals surface area (Å²) < 4.78 is 1.78. The number of hydrogen-bond donors (Lipinski definition) is 1. The van der Waals surface area contributed by atoms with Gasteiger partial charge in [-0.2, -0.15) is 0 Å². The van der Waals surface area contributed by atoms with Crippen LogP contribution in [0.25, 0.3) is 5.69 Å². The Morgan fingerprint density at radius 1 is 0.968 bits per heavy atom. The van der Waals surface area contributed by atoms with Crippen molar-refractivity contribution in [1.29, 1.82) is 0 Å². The van der Waals surface area contributed by atoms with Gasteiger partial charge in [-0.1, -0.05) is 44.2 Å². The summed E-state index contributed by atoms with van der Waals surface area (Å²) in [4.78, 5) is 40.0. The molecule has 158 valence electrons. The normalized spacial score (nSPS) is 14.1. The minimum Gasteiger partial charge on any atom is -0.347 e. The largest absolute Gasteiger partial charge is 0.347 e. The molecule has 0 saturated heterocycles. The van der Waals surface area contributed by atoms with E-state index < -0.39 is 23.8 Å². The molecule has 2 heterocycles. The first-order valence-electron chi connectivity index (χ1n) is 10.2. The lowest BCUT2D eigenvalue weighted by Gasteiger charge is -2.26. The van der Waals surface area contributed by atoms with Crippen LogP contribution < -0.4 is 5.32 Å². The van der Waals surface area contributed by atoms with Crippen molar-refractivity contribution >= 4 is 17.7 Å². The van der Waals surface area contributed by atoms with E-state index in [9.17, 15) is 14.4 Å². The lowest BCUT2D eigenvalue weighted by atomic mass is 10.0. The van der Waals surface area contributed by atoms with Crippen LogP contribution in [0.5, 0.6) is 0 Å². The van der Waals surface area contributed by atoms with E-state index in [2.05, 4.69) is 15.5 Å². The molecule has 3 aromatic rings. The fraction of sp³-hybridized carbons (Fsp3) is 0.261. The van der Waals surface area contributed by atoms with Crippen LogP contribution in [0.1, 0.15) is 46.8 Å².